The van der Waals surface area contributed by atoms with Crippen LogP contribution in [-0.2, 0) is 4.79 Å². The number of rotatable bonds is 4. The number of aromatic nitrogens is 2. The molecule has 1 aromatic rings. The monoisotopic (exact) mass is 267 g/mol. The quantitative estimate of drug-likeness (QED) is 0.616. The summed E-state index contributed by atoms with van der Waals surface area (Å²) in [6.45, 7) is 3.59. The maximum absolute atomic E-state index is 11.2. The van der Waals surface area contributed by atoms with Gasteiger partial charge < -0.3 is 4.74 Å². The standard InChI is InChI=1S/C12H17N3O4/c1-8(2)19-12-11(15(17)18)7-14(13-12)9-3-5-10(16)6-4-9/h7-9H,3-6H2,1-2H3. The molecule has 0 saturated heterocycles. The number of ketones is 1. The Bertz CT molecular complexity index is 485. The summed E-state index contributed by atoms with van der Waals surface area (Å²) in [5, 5.41) is 15.1. The molecule has 0 amide bonds. The van der Waals surface area contributed by atoms with E-state index in [1.807, 2.05) is 0 Å². The molecule has 2 rings (SSSR count). The third-order valence-corrected chi connectivity index (χ3v) is 3.11. The second kappa shape index (κ2) is 5.38. The topological polar surface area (TPSA) is 87.3 Å². The van der Waals surface area contributed by atoms with E-state index in [1.165, 1.54) is 6.20 Å². The lowest BCUT2D eigenvalue weighted by molar-refractivity contribution is -0.386. The first-order chi connectivity index (χ1) is 8.97. The molecule has 1 aromatic heterocycles. The highest BCUT2D eigenvalue weighted by Crippen LogP contribution is 2.32. The number of hydrogen-bond acceptors (Lipinski definition) is 5. The molecule has 0 N–H and O–H groups in total. The lowest BCUT2D eigenvalue weighted by Crippen LogP contribution is -2.18. The van der Waals surface area contributed by atoms with E-state index in [1.54, 1.807) is 18.5 Å². The maximum atomic E-state index is 11.2. The predicted octanol–water partition coefficient (Wildman–Crippen LogP) is 2.26. The van der Waals surface area contributed by atoms with Gasteiger partial charge in [0.1, 0.15) is 12.0 Å². The Labute approximate surface area is 110 Å². The van der Waals surface area contributed by atoms with E-state index >= 15 is 0 Å². The number of nitrogens with zero attached hydrogens (tertiary/aromatic N) is 3. The second-order valence-corrected chi connectivity index (χ2v) is 4.99. The smallest absolute Gasteiger partial charge is 0.350 e. The van der Waals surface area contributed by atoms with Crippen LogP contribution in [0.3, 0.4) is 0 Å². The first-order valence-electron chi connectivity index (χ1n) is 6.39. The fraction of sp³-hybridized carbons (Fsp3) is 0.667. The van der Waals surface area contributed by atoms with Crippen molar-refractivity contribution in [2.24, 2.45) is 0 Å². The number of carbonyl (C=O) groups is 1. The zero-order valence-electron chi connectivity index (χ0n) is 11.0. The summed E-state index contributed by atoms with van der Waals surface area (Å²) in [7, 11) is 0. The van der Waals surface area contributed by atoms with Gasteiger partial charge in [-0.2, -0.15) is 0 Å². The fourth-order valence-electron chi connectivity index (χ4n) is 2.17. The molecule has 1 fully saturated rings. The molecule has 1 aliphatic carbocycles. The average Bonchev–Trinajstić information content (AvgIpc) is 2.73. The van der Waals surface area contributed by atoms with Crippen LogP contribution in [0.2, 0.25) is 0 Å². The van der Waals surface area contributed by atoms with Crippen molar-refractivity contribution in [2.45, 2.75) is 51.7 Å². The Hall–Kier alpha value is -1.92. The van der Waals surface area contributed by atoms with Gasteiger partial charge in [0.25, 0.3) is 0 Å². The summed E-state index contributed by atoms with van der Waals surface area (Å²) in [6.07, 6.45) is 3.61. The van der Waals surface area contributed by atoms with E-state index in [0.29, 0.717) is 25.7 Å². The molecule has 1 aliphatic rings. The molecular formula is C12H17N3O4. The van der Waals surface area contributed by atoms with Gasteiger partial charge >= 0.3 is 11.6 Å². The van der Waals surface area contributed by atoms with Crippen LogP contribution in [0.4, 0.5) is 5.69 Å². The largest absolute Gasteiger partial charge is 0.469 e. The van der Waals surface area contributed by atoms with Crippen LogP contribution in [-0.4, -0.2) is 26.6 Å². The lowest BCUT2D eigenvalue weighted by Gasteiger charge is -2.20. The molecule has 0 aliphatic heterocycles. The molecule has 104 valence electrons. The molecule has 0 unspecified atom stereocenters. The first kappa shape index (κ1) is 13.5. The summed E-state index contributed by atoms with van der Waals surface area (Å²) < 4.78 is 6.93. The Morgan fingerprint density at radius 2 is 2.11 bits per heavy atom. The van der Waals surface area contributed by atoms with E-state index in [0.717, 1.165) is 0 Å². The lowest BCUT2D eigenvalue weighted by atomic mass is 9.95. The van der Waals surface area contributed by atoms with Gasteiger partial charge in [0.05, 0.1) is 17.1 Å². The number of Topliss-reactive ketones (excluding diaryl/α,β-unsaturated/α-hetero) is 1. The van der Waals surface area contributed by atoms with Crippen LogP contribution < -0.4 is 4.74 Å². The molecule has 0 radical (unpaired) electrons. The van der Waals surface area contributed by atoms with Crippen molar-refractivity contribution < 1.29 is 14.5 Å². The Morgan fingerprint density at radius 1 is 1.47 bits per heavy atom. The number of hydrogen-bond donors (Lipinski definition) is 0. The Balaban J connectivity index is 2.22. The van der Waals surface area contributed by atoms with Crippen LogP contribution in [0.1, 0.15) is 45.6 Å². The van der Waals surface area contributed by atoms with E-state index in [9.17, 15) is 14.9 Å². The summed E-state index contributed by atoms with van der Waals surface area (Å²) in [5.41, 5.74) is -0.120. The highest BCUT2D eigenvalue weighted by atomic mass is 16.6. The highest BCUT2D eigenvalue weighted by Gasteiger charge is 2.27. The van der Waals surface area contributed by atoms with Crippen LogP contribution in [0, 0.1) is 10.1 Å². The van der Waals surface area contributed by atoms with Crippen LogP contribution >= 0.6 is 0 Å². The van der Waals surface area contributed by atoms with Crippen molar-refractivity contribution in [3.05, 3.63) is 16.3 Å². The zero-order chi connectivity index (χ0) is 14.0. The summed E-state index contributed by atoms with van der Waals surface area (Å²) in [5.74, 6) is 0.299. The first-order valence-corrected chi connectivity index (χ1v) is 6.39. The van der Waals surface area contributed by atoms with Crippen molar-refractivity contribution in [3.63, 3.8) is 0 Å². The summed E-state index contributed by atoms with van der Waals surface area (Å²) in [4.78, 5) is 21.7. The molecule has 1 saturated carbocycles. The zero-order valence-corrected chi connectivity index (χ0v) is 11.0. The molecule has 0 bridgehead atoms. The van der Waals surface area contributed by atoms with Gasteiger partial charge in [0, 0.05) is 12.8 Å². The molecule has 0 spiro atoms. The summed E-state index contributed by atoms with van der Waals surface area (Å²) >= 11 is 0. The van der Waals surface area contributed by atoms with E-state index in [-0.39, 0.29) is 29.5 Å². The molecular weight excluding hydrogens is 250 g/mol. The van der Waals surface area contributed by atoms with Crippen molar-refractivity contribution in [2.75, 3.05) is 0 Å². The number of carbonyl (C=O) groups excluding carboxylic acids is 1. The van der Waals surface area contributed by atoms with Crippen molar-refractivity contribution in [3.8, 4) is 5.88 Å². The second-order valence-electron chi connectivity index (χ2n) is 4.99. The van der Waals surface area contributed by atoms with Crippen molar-refractivity contribution in [1.29, 1.82) is 0 Å². The van der Waals surface area contributed by atoms with Gasteiger partial charge in [-0.1, -0.05) is 0 Å². The Morgan fingerprint density at radius 3 is 2.63 bits per heavy atom. The third kappa shape index (κ3) is 3.10. The minimum atomic E-state index is -0.491. The Kier molecular flexibility index (Phi) is 3.82. The van der Waals surface area contributed by atoms with Gasteiger partial charge in [0.15, 0.2) is 0 Å². The minimum Gasteiger partial charge on any atom is -0.469 e. The van der Waals surface area contributed by atoms with E-state index in [4.69, 9.17) is 4.74 Å². The van der Waals surface area contributed by atoms with Gasteiger partial charge in [-0.3, -0.25) is 19.6 Å². The highest BCUT2D eigenvalue weighted by molar-refractivity contribution is 5.79. The minimum absolute atomic E-state index is 0.0425. The fourth-order valence-corrected chi connectivity index (χ4v) is 2.17. The maximum Gasteiger partial charge on any atom is 0.350 e. The molecule has 1 heterocycles. The molecule has 19 heavy (non-hydrogen) atoms. The molecule has 7 heteroatoms. The van der Waals surface area contributed by atoms with Crippen LogP contribution in [0.5, 0.6) is 5.88 Å². The van der Waals surface area contributed by atoms with Gasteiger partial charge in [-0.15, -0.1) is 5.10 Å². The SMILES string of the molecule is CC(C)Oc1nn(C2CCC(=O)CC2)cc1[N+](=O)[O-]. The molecule has 0 atom stereocenters. The van der Waals surface area contributed by atoms with Crippen molar-refractivity contribution >= 4 is 11.5 Å². The normalized spacial score (nSPS) is 16.9. The van der Waals surface area contributed by atoms with Gasteiger partial charge in [0.2, 0.25) is 0 Å². The number of ether oxygens (including phenoxy) is 1. The summed E-state index contributed by atoms with van der Waals surface area (Å²) in [6, 6.07) is 0.0425. The van der Waals surface area contributed by atoms with Crippen molar-refractivity contribution in [1.82, 2.24) is 9.78 Å². The van der Waals surface area contributed by atoms with E-state index < -0.39 is 4.92 Å². The van der Waals surface area contributed by atoms with Crippen LogP contribution in [0.15, 0.2) is 6.20 Å². The third-order valence-electron chi connectivity index (χ3n) is 3.11. The predicted molar refractivity (Wildman–Crippen MR) is 67.2 cm³/mol. The van der Waals surface area contributed by atoms with Crippen LogP contribution in [0.25, 0.3) is 0 Å². The van der Waals surface area contributed by atoms with Gasteiger partial charge in [-0.25, -0.2) is 0 Å². The molecule has 7 nitrogen and oxygen atoms in total. The molecule has 0 aromatic carbocycles. The van der Waals surface area contributed by atoms with Gasteiger partial charge in [-0.05, 0) is 26.7 Å². The number of nitro groups is 1. The van der Waals surface area contributed by atoms with E-state index in [2.05, 4.69) is 5.10 Å². The average molecular weight is 267 g/mol.